The zero-order chi connectivity index (χ0) is 15.5. The number of aryl methyl sites for hydroxylation is 2. The quantitative estimate of drug-likeness (QED) is 0.869. The van der Waals surface area contributed by atoms with Gasteiger partial charge in [-0.15, -0.1) is 0 Å². The second-order valence-corrected chi connectivity index (χ2v) is 5.98. The maximum atomic E-state index is 12.9. The molecule has 0 atom stereocenters. The van der Waals surface area contributed by atoms with E-state index in [-0.39, 0.29) is 5.82 Å². The molecule has 1 aromatic heterocycles. The van der Waals surface area contributed by atoms with Crippen molar-refractivity contribution in [1.29, 1.82) is 0 Å². The number of benzene rings is 1. The molecule has 0 spiro atoms. The van der Waals surface area contributed by atoms with Crippen molar-refractivity contribution < 1.29 is 8.91 Å². The van der Waals surface area contributed by atoms with E-state index in [2.05, 4.69) is 15.0 Å². The van der Waals surface area contributed by atoms with Crippen LogP contribution in [-0.4, -0.2) is 41.1 Å². The lowest BCUT2D eigenvalue weighted by atomic mass is 10.1. The summed E-state index contributed by atoms with van der Waals surface area (Å²) in [7, 11) is 0. The van der Waals surface area contributed by atoms with Crippen LogP contribution in [-0.2, 0) is 13.1 Å². The molecule has 22 heavy (non-hydrogen) atoms. The summed E-state index contributed by atoms with van der Waals surface area (Å²) in [5.74, 6) is 0.749. The minimum absolute atomic E-state index is 0.173. The van der Waals surface area contributed by atoms with Crippen molar-refractivity contribution in [2.75, 3.05) is 26.2 Å². The number of halogens is 1. The van der Waals surface area contributed by atoms with Crippen molar-refractivity contribution >= 4 is 0 Å². The van der Waals surface area contributed by atoms with Gasteiger partial charge >= 0.3 is 0 Å². The second-order valence-electron chi connectivity index (χ2n) is 5.98. The zero-order valence-corrected chi connectivity index (χ0v) is 13.2. The average Bonchev–Trinajstić information content (AvgIpc) is 2.83. The molecule has 2 heterocycles. The fourth-order valence-electron chi connectivity index (χ4n) is 2.90. The molecular weight excluding hydrogens is 281 g/mol. The maximum absolute atomic E-state index is 12.9. The van der Waals surface area contributed by atoms with Crippen LogP contribution in [0.4, 0.5) is 4.39 Å². The minimum atomic E-state index is -0.173. The molecule has 0 amide bonds. The van der Waals surface area contributed by atoms with E-state index < -0.39 is 0 Å². The monoisotopic (exact) mass is 303 g/mol. The first kappa shape index (κ1) is 15.2. The maximum Gasteiger partial charge on any atom is 0.138 e. The van der Waals surface area contributed by atoms with E-state index in [4.69, 9.17) is 4.52 Å². The summed E-state index contributed by atoms with van der Waals surface area (Å²) in [4.78, 5) is 4.85. The lowest BCUT2D eigenvalue weighted by Crippen LogP contribution is -2.45. The van der Waals surface area contributed by atoms with Crippen LogP contribution in [0, 0.1) is 19.7 Å². The first-order valence-corrected chi connectivity index (χ1v) is 7.73. The molecule has 0 saturated carbocycles. The van der Waals surface area contributed by atoms with E-state index in [1.807, 2.05) is 26.0 Å². The van der Waals surface area contributed by atoms with Gasteiger partial charge in [-0.2, -0.15) is 0 Å². The topological polar surface area (TPSA) is 32.5 Å². The number of hydrogen-bond acceptors (Lipinski definition) is 4. The number of hydrogen-bond donors (Lipinski definition) is 0. The number of rotatable bonds is 4. The first-order chi connectivity index (χ1) is 10.6. The Bertz CT molecular complexity index is 596. The lowest BCUT2D eigenvalue weighted by Gasteiger charge is -2.34. The molecule has 0 bridgehead atoms. The van der Waals surface area contributed by atoms with Gasteiger partial charge in [-0.3, -0.25) is 9.80 Å². The molecule has 0 radical (unpaired) electrons. The van der Waals surface area contributed by atoms with Gasteiger partial charge in [-0.05, 0) is 31.5 Å². The SMILES string of the molecule is Cc1noc(C)c1CN1CCN(Cc2ccc(F)cc2)CC1. The van der Waals surface area contributed by atoms with E-state index >= 15 is 0 Å². The fraction of sp³-hybridized carbons (Fsp3) is 0.471. The molecule has 5 heteroatoms. The van der Waals surface area contributed by atoms with Crippen LogP contribution in [0.2, 0.25) is 0 Å². The predicted molar refractivity (Wildman–Crippen MR) is 82.9 cm³/mol. The standard InChI is InChI=1S/C17H22FN3O/c1-13-17(14(2)22-19-13)12-21-9-7-20(8-10-21)11-15-3-5-16(18)6-4-15/h3-6H,7-12H2,1-2H3. The van der Waals surface area contributed by atoms with E-state index in [9.17, 15) is 4.39 Å². The number of aromatic nitrogens is 1. The van der Waals surface area contributed by atoms with Crippen LogP contribution >= 0.6 is 0 Å². The molecule has 0 aliphatic carbocycles. The Balaban J connectivity index is 1.51. The highest BCUT2D eigenvalue weighted by Gasteiger charge is 2.19. The summed E-state index contributed by atoms with van der Waals surface area (Å²) in [5.41, 5.74) is 3.37. The highest BCUT2D eigenvalue weighted by Crippen LogP contribution is 2.17. The Labute approximate surface area is 130 Å². The van der Waals surface area contributed by atoms with Gasteiger partial charge in [0.1, 0.15) is 11.6 Å². The number of piperazine rings is 1. The Hall–Kier alpha value is -1.72. The molecule has 0 unspecified atom stereocenters. The van der Waals surface area contributed by atoms with Gasteiger partial charge in [0, 0.05) is 44.8 Å². The fourth-order valence-corrected chi connectivity index (χ4v) is 2.90. The third-order valence-electron chi connectivity index (χ3n) is 4.35. The zero-order valence-electron chi connectivity index (χ0n) is 13.2. The third kappa shape index (κ3) is 3.54. The van der Waals surface area contributed by atoms with E-state index in [1.54, 1.807) is 0 Å². The molecule has 118 valence electrons. The van der Waals surface area contributed by atoms with Gasteiger partial charge in [-0.25, -0.2) is 4.39 Å². The van der Waals surface area contributed by atoms with Crippen molar-refractivity contribution in [3.05, 3.63) is 52.7 Å². The van der Waals surface area contributed by atoms with Gasteiger partial charge in [0.15, 0.2) is 0 Å². The van der Waals surface area contributed by atoms with Crippen LogP contribution in [0.1, 0.15) is 22.6 Å². The molecular formula is C17H22FN3O. The van der Waals surface area contributed by atoms with Crippen molar-refractivity contribution in [2.24, 2.45) is 0 Å². The van der Waals surface area contributed by atoms with Crippen LogP contribution in [0.25, 0.3) is 0 Å². The summed E-state index contributed by atoms with van der Waals surface area (Å²) in [6, 6.07) is 6.79. The molecule has 1 aromatic carbocycles. The van der Waals surface area contributed by atoms with E-state index in [1.165, 1.54) is 23.3 Å². The summed E-state index contributed by atoms with van der Waals surface area (Å²) < 4.78 is 18.2. The van der Waals surface area contributed by atoms with Crippen molar-refractivity contribution in [3.63, 3.8) is 0 Å². The molecule has 0 N–H and O–H groups in total. The Kier molecular flexibility index (Phi) is 4.55. The molecule has 1 aliphatic heterocycles. The van der Waals surface area contributed by atoms with Crippen molar-refractivity contribution in [1.82, 2.24) is 15.0 Å². The lowest BCUT2D eigenvalue weighted by molar-refractivity contribution is 0.121. The summed E-state index contributed by atoms with van der Waals surface area (Å²) >= 11 is 0. The molecule has 2 aromatic rings. The minimum Gasteiger partial charge on any atom is -0.361 e. The van der Waals surface area contributed by atoms with Gasteiger partial charge in [0.2, 0.25) is 0 Å². The Morgan fingerprint density at radius 1 is 1.00 bits per heavy atom. The van der Waals surface area contributed by atoms with E-state index in [0.717, 1.165) is 50.7 Å². The van der Waals surface area contributed by atoms with E-state index in [0.29, 0.717) is 0 Å². The molecule has 1 saturated heterocycles. The first-order valence-electron chi connectivity index (χ1n) is 7.73. The van der Waals surface area contributed by atoms with Crippen LogP contribution in [0.3, 0.4) is 0 Å². The van der Waals surface area contributed by atoms with Gasteiger partial charge in [-0.1, -0.05) is 17.3 Å². The molecule has 1 fully saturated rings. The molecule has 4 nitrogen and oxygen atoms in total. The van der Waals surface area contributed by atoms with Crippen LogP contribution in [0.15, 0.2) is 28.8 Å². The number of nitrogens with zero attached hydrogens (tertiary/aromatic N) is 3. The smallest absolute Gasteiger partial charge is 0.138 e. The normalized spacial score (nSPS) is 17.0. The van der Waals surface area contributed by atoms with Crippen LogP contribution in [0.5, 0.6) is 0 Å². The molecule has 1 aliphatic rings. The summed E-state index contributed by atoms with van der Waals surface area (Å²) in [6.07, 6.45) is 0. The van der Waals surface area contributed by atoms with Crippen molar-refractivity contribution in [2.45, 2.75) is 26.9 Å². The summed E-state index contributed by atoms with van der Waals surface area (Å²) in [6.45, 7) is 9.89. The Morgan fingerprint density at radius 2 is 1.59 bits per heavy atom. The van der Waals surface area contributed by atoms with Gasteiger partial charge in [0.25, 0.3) is 0 Å². The van der Waals surface area contributed by atoms with Gasteiger partial charge in [0.05, 0.1) is 5.69 Å². The largest absolute Gasteiger partial charge is 0.361 e. The second kappa shape index (κ2) is 6.58. The molecule has 3 rings (SSSR count). The van der Waals surface area contributed by atoms with Crippen LogP contribution < -0.4 is 0 Å². The highest BCUT2D eigenvalue weighted by molar-refractivity contribution is 5.20. The summed E-state index contributed by atoms with van der Waals surface area (Å²) in [5, 5.41) is 4.02. The predicted octanol–water partition coefficient (Wildman–Crippen LogP) is 2.75. The highest BCUT2D eigenvalue weighted by atomic mass is 19.1. The van der Waals surface area contributed by atoms with Crippen molar-refractivity contribution in [3.8, 4) is 0 Å². The van der Waals surface area contributed by atoms with Gasteiger partial charge < -0.3 is 4.52 Å². The third-order valence-corrected chi connectivity index (χ3v) is 4.35. The Morgan fingerprint density at radius 3 is 2.14 bits per heavy atom. The average molecular weight is 303 g/mol.